The number of rotatable bonds is 1. The summed E-state index contributed by atoms with van der Waals surface area (Å²) in [6, 6.07) is 0. The van der Waals surface area contributed by atoms with Gasteiger partial charge in [-0.05, 0) is 24.7 Å². The van der Waals surface area contributed by atoms with Gasteiger partial charge in [0.1, 0.15) is 5.76 Å². The molecular weight excluding hydrogens is 150 g/mol. The van der Waals surface area contributed by atoms with E-state index in [0.717, 1.165) is 30.4 Å². The third kappa shape index (κ3) is 1.26. The Morgan fingerprint density at radius 3 is 3.17 bits per heavy atom. The van der Waals surface area contributed by atoms with E-state index in [1.807, 2.05) is 6.20 Å². The highest BCUT2D eigenvalue weighted by molar-refractivity contribution is 5.17. The molecule has 1 aliphatic rings. The maximum Gasteiger partial charge on any atom is 0.139 e. The van der Waals surface area contributed by atoms with Gasteiger partial charge in [-0.25, -0.2) is 0 Å². The fourth-order valence-electron chi connectivity index (χ4n) is 1.93. The minimum Gasteiger partial charge on any atom is -0.361 e. The number of nitrogens with zero attached hydrogens (tertiary/aromatic N) is 1. The van der Waals surface area contributed by atoms with Crippen molar-refractivity contribution in [2.45, 2.75) is 33.1 Å². The molecule has 0 spiro atoms. The van der Waals surface area contributed by atoms with E-state index in [4.69, 9.17) is 4.52 Å². The second-order valence-corrected chi connectivity index (χ2v) is 4.02. The molecule has 0 bridgehead atoms. The number of aromatic nitrogens is 1. The molecule has 1 unspecified atom stereocenters. The number of aryl methyl sites for hydroxylation is 1. The van der Waals surface area contributed by atoms with Crippen LogP contribution in [0.1, 0.15) is 31.6 Å². The first-order valence-corrected chi connectivity index (χ1v) is 4.70. The van der Waals surface area contributed by atoms with Crippen molar-refractivity contribution in [1.29, 1.82) is 0 Å². The van der Waals surface area contributed by atoms with Crippen LogP contribution in [0, 0.1) is 11.8 Å². The second kappa shape index (κ2) is 2.92. The van der Waals surface area contributed by atoms with E-state index in [9.17, 15) is 0 Å². The van der Waals surface area contributed by atoms with Gasteiger partial charge in [-0.2, -0.15) is 0 Å². The molecule has 0 saturated carbocycles. The predicted molar refractivity (Wildman–Crippen MR) is 46.9 cm³/mol. The summed E-state index contributed by atoms with van der Waals surface area (Å²) in [6.45, 7) is 4.59. The van der Waals surface area contributed by atoms with E-state index in [1.165, 1.54) is 12.0 Å². The molecule has 1 aliphatic carbocycles. The van der Waals surface area contributed by atoms with Gasteiger partial charge in [0.25, 0.3) is 0 Å². The highest BCUT2D eigenvalue weighted by atomic mass is 16.5. The summed E-state index contributed by atoms with van der Waals surface area (Å²) in [5.41, 5.74) is 1.33. The van der Waals surface area contributed by atoms with Crippen molar-refractivity contribution < 1.29 is 4.52 Å². The van der Waals surface area contributed by atoms with Gasteiger partial charge in [-0.1, -0.05) is 19.0 Å². The summed E-state index contributed by atoms with van der Waals surface area (Å²) in [5.74, 6) is 2.73. The third-order valence-corrected chi connectivity index (χ3v) is 2.90. The Balaban J connectivity index is 2.15. The van der Waals surface area contributed by atoms with Crippen LogP contribution in [0.5, 0.6) is 0 Å². The lowest BCUT2D eigenvalue weighted by Crippen LogP contribution is -2.17. The molecule has 0 aliphatic heterocycles. The van der Waals surface area contributed by atoms with Gasteiger partial charge in [-0.15, -0.1) is 0 Å². The molecule has 0 amide bonds. The zero-order valence-corrected chi connectivity index (χ0v) is 7.71. The number of hydrogen-bond acceptors (Lipinski definition) is 2. The van der Waals surface area contributed by atoms with Gasteiger partial charge in [0, 0.05) is 12.0 Å². The molecule has 0 aromatic carbocycles. The normalized spacial score (nSPS) is 22.8. The molecule has 0 radical (unpaired) electrons. The minimum absolute atomic E-state index is 0.785. The van der Waals surface area contributed by atoms with Gasteiger partial charge >= 0.3 is 0 Å². The molecule has 0 fully saturated rings. The van der Waals surface area contributed by atoms with Gasteiger partial charge in [0.15, 0.2) is 0 Å². The molecule has 2 heteroatoms. The van der Waals surface area contributed by atoms with E-state index >= 15 is 0 Å². The van der Waals surface area contributed by atoms with Crippen LogP contribution in [-0.2, 0) is 12.8 Å². The highest BCUT2D eigenvalue weighted by Gasteiger charge is 2.23. The van der Waals surface area contributed by atoms with E-state index in [-0.39, 0.29) is 0 Å². The van der Waals surface area contributed by atoms with Crippen LogP contribution in [-0.4, -0.2) is 5.16 Å². The maximum absolute atomic E-state index is 5.13. The van der Waals surface area contributed by atoms with Crippen LogP contribution >= 0.6 is 0 Å². The first-order valence-electron chi connectivity index (χ1n) is 4.70. The second-order valence-electron chi connectivity index (χ2n) is 4.02. The van der Waals surface area contributed by atoms with Crippen molar-refractivity contribution in [3.05, 3.63) is 17.5 Å². The zero-order chi connectivity index (χ0) is 8.55. The summed E-state index contributed by atoms with van der Waals surface area (Å²) < 4.78 is 5.13. The average Bonchev–Trinajstić information content (AvgIpc) is 2.49. The lowest BCUT2D eigenvalue weighted by molar-refractivity contribution is 0.305. The smallest absolute Gasteiger partial charge is 0.139 e. The van der Waals surface area contributed by atoms with E-state index in [2.05, 4.69) is 19.0 Å². The molecule has 1 aromatic heterocycles. The van der Waals surface area contributed by atoms with Gasteiger partial charge in [0.05, 0.1) is 6.20 Å². The molecule has 2 rings (SSSR count). The molecule has 2 nitrogen and oxygen atoms in total. The van der Waals surface area contributed by atoms with Crippen LogP contribution in [0.25, 0.3) is 0 Å². The summed E-state index contributed by atoms with van der Waals surface area (Å²) in [4.78, 5) is 0. The fraction of sp³-hybridized carbons (Fsp3) is 0.700. The first-order chi connectivity index (χ1) is 5.77. The zero-order valence-electron chi connectivity index (χ0n) is 7.71. The SMILES string of the molecule is CC(C)C1CCc2oncc2C1. The molecule has 1 aromatic rings. The van der Waals surface area contributed by atoms with Crippen LogP contribution in [0.15, 0.2) is 10.7 Å². The van der Waals surface area contributed by atoms with Crippen molar-refractivity contribution in [3.8, 4) is 0 Å². The van der Waals surface area contributed by atoms with Gasteiger partial charge in [-0.3, -0.25) is 0 Å². The monoisotopic (exact) mass is 165 g/mol. The lowest BCUT2D eigenvalue weighted by Gasteiger charge is -2.23. The Morgan fingerprint density at radius 1 is 1.58 bits per heavy atom. The number of fused-ring (bicyclic) bond motifs is 1. The lowest BCUT2D eigenvalue weighted by atomic mass is 9.81. The van der Waals surface area contributed by atoms with E-state index in [1.54, 1.807) is 0 Å². The molecular formula is C10H15NO. The van der Waals surface area contributed by atoms with Crippen molar-refractivity contribution in [2.75, 3.05) is 0 Å². The molecule has 12 heavy (non-hydrogen) atoms. The topological polar surface area (TPSA) is 26.0 Å². The minimum atomic E-state index is 0.785. The quantitative estimate of drug-likeness (QED) is 0.638. The van der Waals surface area contributed by atoms with Gasteiger partial charge < -0.3 is 4.52 Å². The molecule has 1 atom stereocenters. The van der Waals surface area contributed by atoms with Crippen LogP contribution < -0.4 is 0 Å². The van der Waals surface area contributed by atoms with Crippen molar-refractivity contribution in [3.63, 3.8) is 0 Å². The van der Waals surface area contributed by atoms with Crippen LogP contribution in [0.4, 0.5) is 0 Å². The molecule has 66 valence electrons. The Labute approximate surface area is 72.9 Å². The highest BCUT2D eigenvalue weighted by Crippen LogP contribution is 2.29. The first kappa shape index (κ1) is 7.84. The molecule has 1 heterocycles. The molecule has 0 saturated heterocycles. The summed E-state index contributed by atoms with van der Waals surface area (Å²) in [5, 5.41) is 3.82. The fourth-order valence-corrected chi connectivity index (χ4v) is 1.93. The van der Waals surface area contributed by atoms with Crippen LogP contribution in [0.2, 0.25) is 0 Å². The molecule has 0 N–H and O–H groups in total. The Kier molecular flexibility index (Phi) is 1.91. The summed E-state index contributed by atoms with van der Waals surface area (Å²) in [7, 11) is 0. The Hall–Kier alpha value is -0.790. The summed E-state index contributed by atoms with van der Waals surface area (Å²) in [6.07, 6.45) is 5.39. The maximum atomic E-state index is 5.13. The number of hydrogen-bond donors (Lipinski definition) is 0. The van der Waals surface area contributed by atoms with Gasteiger partial charge in [0.2, 0.25) is 0 Å². The summed E-state index contributed by atoms with van der Waals surface area (Å²) >= 11 is 0. The van der Waals surface area contributed by atoms with E-state index in [0.29, 0.717) is 0 Å². The predicted octanol–water partition coefficient (Wildman–Crippen LogP) is 2.44. The largest absolute Gasteiger partial charge is 0.361 e. The third-order valence-electron chi connectivity index (χ3n) is 2.90. The Bertz CT molecular complexity index is 265. The Morgan fingerprint density at radius 2 is 2.42 bits per heavy atom. The van der Waals surface area contributed by atoms with Crippen molar-refractivity contribution in [2.24, 2.45) is 11.8 Å². The van der Waals surface area contributed by atoms with E-state index < -0.39 is 0 Å². The standard InChI is InChI=1S/C10H15NO/c1-7(2)8-3-4-10-9(5-8)6-11-12-10/h6-8H,3-5H2,1-2H3. The van der Waals surface area contributed by atoms with Crippen molar-refractivity contribution in [1.82, 2.24) is 5.16 Å². The van der Waals surface area contributed by atoms with Crippen LogP contribution in [0.3, 0.4) is 0 Å². The van der Waals surface area contributed by atoms with Crippen molar-refractivity contribution >= 4 is 0 Å². The average molecular weight is 165 g/mol.